The van der Waals surface area contributed by atoms with Gasteiger partial charge in [-0.05, 0) is 55.2 Å². The summed E-state index contributed by atoms with van der Waals surface area (Å²) in [5.41, 5.74) is 2.37. The zero-order chi connectivity index (χ0) is 25.5. The van der Waals surface area contributed by atoms with Gasteiger partial charge in [-0.15, -0.1) is 0 Å². The van der Waals surface area contributed by atoms with Crippen LogP contribution in [-0.4, -0.2) is 50.6 Å². The number of aromatic nitrogens is 2. The highest BCUT2D eigenvalue weighted by atomic mass is 32.2. The van der Waals surface area contributed by atoms with Gasteiger partial charge in [0.25, 0.3) is 11.5 Å². The van der Waals surface area contributed by atoms with E-state index in [1.807, 2.05) is 37.3 Å². The van der Waals surface area contributed by atoms with E-state index in [9.17, 15) is 9.59 Å². The number of pyridine rings is 1. The van der Waals surface area contributed by atoms with Gasteiger partial charge >= 0.3 is 0 Å². The standard InChI is InChI=1S/C26H24N4O5S2/c1-15-4-7-22-28-23(27-11-17-3-2-8-33-17)18(24(31)29(22)12-15)10-21-25(32)30(26(36)37-21)13-16-5-6-19-20(9-16)35-14-34-19/h4-7,9-10,12,17,27H,2-3,8,11,13-14H2,1H3/b21-10-/t17-/m1/s1. The van der Waals surface area contributed by atoms with Gasteiger partial charge in [-0.1, -0.05) is 36.1 Å². The first-order chi connectivity index (χ1) is 18.0. The van der Waals surface area contributed by atoms with Gasteiger partial charge in [0, 0.05) is 19.3 Å². The van der Waals surface area contributed by atoms with Crippen LogP contribution in [0.15, 0.2) is 46.2 Å². The SMILES string of the molecule is Cc1ccc2nc(NC[C@H]3CCCO3)c(/C=C3\SC(=S)N(Cc4ccc5c(c4)OCO5)C3=O)c(=O)n2c1. The lowest BCUT2D eigenvalue weighted by molar-refractivity contribution is -0.122. The molecule has 190 valence electrons. The van der Waals surface area contributed by atoms with Gasteiger partial charge in [-0.3, -0.25) is 18.9 Å². The number of thiocarbonyl (C=S) groups is 1. The third kappa shape index (κ3) is 4.70. The number of nitrogens with zero attached hydrogens (tertiary/aromatic N) is 3. The summed E-state index contributed by atoms with van der Waals surface area (Å²) in [6, 6.07) is 9.26. The molecule has 5 heterocycles. The normalized spacial score (nSPS) is 20.0. The van der Waals surface area contributed by atoms with Crippen LogP contribution in [0, 0.1) is 6.92 Å². The van der Waals surface area contributed by atoms with Crippen molar-refractivity contribution in [2.75, 3.05) is 25.3 Å². The van der Waals surface area contributed by atoms with Crippen molar-refractivity contribution in [2.45, 2.75) is 32.4 Å². The lowest BCUT2D eigenvalue weighted by Crippen LogP contribution is -2.27. The molecule has 1 amide bonds. The predicted octanol–water partition coefficient (Wildman–Crippen LogP) is 3.72. The number of benzene rings is 1. The molecular formula is C26H24N4O5S2. The molecule has 0 aliphatic carbocycles. The number of ether oxygens (including phenoxy) is 3. The van der Waals surface area contributed by atoms with Gasteiger partial charge in [0.05, 0.1) is 23.1 Å². The van der Waals surface area contributed by atoms with Crippen molar-refractivity contribution in [3.8, 4) is 11.5 Å². The predicted molar refractivity (Wildman–Crippen MR) is 145 cm³/mol. The number of hydrogen-bond acceptors (Lipinski definition) is 9. The van der Waals surface area contributed by atoms with Crippen LogP contribution in [0.5, 0.6) is 11.5 Å². The fraction of sp³-hybridized carbons (Fsp3) is 0.308. The second-order valence-corrected chi connectivity index (χ2v) is 10.8. The summed E-state index contributed by atoms with van der Waals surface area (Å²) in [5, 5.41) is 3.29. The molecule has 9 nitrogen and oxygen atoms in total. The monoisotopic (exact) mass is 536 g/mol. The molecule has 3 aromatic rings. The van der Waals surface area contributed by atoms with Gasteiger partial charge in [0.1, 0.15) is 15.8 Å². The van der Waals surface area contributed by atoms with Gasteiger partial charge < -0.3 is 19.5 Å². The maximum atomic E-state index is 13.6. The second kappa shape index (κ2) is 9.81. The minimum absolute atomic E-state index is 0.0611. The van der Waals surface area contributed by atoms with E-state index in [-0.39, 0.29) is 30.9 Å². The smallest absolute Gasteiger partial charge is 0.267 e. The second-order valence-electron chi connectivity index (χ2n) is 9.09. The highest BCUT2D eigenvalue weighted by Gasteiger charge is 2.33. The Morgan fingerprint density at radius 1 is 1.22 bits per heavy atom. The Hall–Kier alpha value is -3.41. The minimum atomic E-state index is -0.260. The molecule has 6 rings (SSSR count). The van der Waals surface area contributed by atoms with E-state index in [1.165, 1.54) is 21.1 Å². The molecule has 0 bridgehead atoms. The molecule has 0 saturated carbocycles. The van der Waals surface area contributed by atoms with Gasteiger partial charge in [0.15, 0.2) is 11.5 Å². The molecule has 2 fully saturated rings. The van der Waals surface area contributed by atoms with E-state index in [0.717, 1.165) is 30.6 Å². The van der Waals surface area contributed by atoms with Gasteiger partial charge in [-0.25, -0.2) is 4.98 Å². The molecule has 2 saturated heterocycles. The van der Waals surface area contributed by atoms with Gasteiger partial charge in [0.2, 0.25) is 6.79 Å². The Labute approximate surface area is 222 Å². The molecule has 1 N–H and O–H groups in total. The Kier molecular flexibility index (Phi) is 6.35. The van der Waals surface area contributed by atoms with E-state index < -0.39 is 0 Å². The number of nitrogens with one attached hydrogen (secondary N) is 1. The summed E-state index contributed by atoms with van der Waals surface area (Å²) >= 11 is 6.71. The molecule has 11 heteroatoms. The average Bonchev–Trinajstić information content (AvgIpc) is 3.63. The van der Waals surface area contributed by atoms with E-state index in [1.54, 1.807) is 12.3 Å². The molecule has 1 atom stereocenters. The minimum Gasteiger partial charge on any atom is -0.454 e. The Balaban J connectivity index is 1.33. The topological polar surface area (TPSA) is 94.4 Å². The fourth-order valence-corrected chi connectivity index (χ4v) is 5.77. The maximum absolute atomic E-state index is 13.6. The van der Waals surface area contributed by atoms with Crippen molar-refractivity contribution >= 4 is 51.7 Å². The number of thioether (sulfide) groups is 1. The van der Waals surface area contributed by atoms with Crippen molar-refractivity contribution in [2.24, 2.45) is 0 Å². The molecule has 2 aromatic heterocycles. The number of aryl methyl sites for hydroxylation is 1. The molecule has 0 unspecified atom stereocenters. The van der Waals surface area contributed by atoms with E-state index in [4.69, 9.17) is 31.4 Å². The molecule has 37 heavy (non-hydrogen) atoms. The van der Waals surface area contributed by atoms with Crippen LogP contribution < -0.4 is 20.3 Å². The molecule has 0 radical (unpaired) electrons. The van der Waals surface area contributed by atoms with Crippen LogP contribution in [0.2, 0.25) is 0 Å². The molecule has 3 aliphatic rings. The highest BCUT2D eigenvalue weighted by Crippen LogP contribution is 2.36. The largest absolute Gasteiger partial charge is 0.454 e. The van der Waals surface area contributed by atoms with Crippen LogP contribution in [0.4, 0.5) is 5.82 Å². The van der Waals surface area contributed by atoms with Crippen molar-refractivity contribution in [3.63, 3.8) is 0 Å². The summed E-state index contributed by atoms with van der Waals surface area (Å²) in [6.07, 6.45) is 5.37. The average molecular weight is 537 g/mol. The summed E-state index contributed by atoms with van der Waals surface area (Å²) < 4.78 is 18.5. The van der Waals surface area contributed by atoms with Crippen LogP contribution in [-0.2, 0) is 16.1 Å². The summed E-state index contributed by atoms with van der Waals surface area (Å²) in [6.45, 7) is 3.65. The maximum Gasteiger partial charge on any atom is 0.267 e. The van der Waals surface area contributed by atoms with E-state index in [2.05, 4.69) is 5.32 Å². The first-order valence-electron chi connectivity index (χ1n) is 12.0. The van der Waals surface area contributed by atoms with Crippen molar-refractivity contribution in [3.05, 3.63) is 68.5 Å². The first-order valence-corrected chi connectivity index (χ1v) is 13.2. The lowest BCUT2D eigenvalue weighted by atomic mass is 10.2. The third-order valence-electron chi connectivity index (χ3n) is 6.45. The van der Waals surface area contributed by atoms with Crippen LogP contribution >= 0.6 is 24.0 Å². The number of anilines is 1. The zero-order valence-corrected chi connectivity index (χ0v) is 21.7. The van der Waals surface area contributed by atoms with Crippen LogP contribution in [0.3, 0.4) is 0 Å². The Morgan fingerprint density at radius 3 is 2.92 bits per heavy atom. The molecular weight excluding hydrogens is 512 g/mol. The zero-order valence-electron chi connectivity index (χ0n) is 20.1. The quantitative estimate of drug-likeness (QED) is 0.374. The van der Waals surface area contributed by atoms with Crippen molar-refractivity contribution < 1.29 is 19.0 Å². The Morgan fingerprint density at radius 2 is 2.08 bits per heavy atom. The number of carbonyl (C=O) groups is 1. The summed E-state index contributed by atoms with van der Waals surface area (Å²) in [4.78, 5) is 33.6. The molecule has 3 aliphatic heterocycles. The van der Waals surface area contributed by atoms with Crippen LogP contribution in [0.1, 0.15) is 29.5 Å². The number of amides is 1. The van der Waals surface area contributed by atoms with E-state index >= 15 is 0 Å². The number of carbonyl (C=O) groups excluding carboxylic acids is 1. The Bertz CT molecular complexity index is 1510. The highest BCUT2D eigenvalue weighted by molar-refractivity contribution is 8.26. The number of fused-ring (bicyclic) bond motifs is 2. The van der Waals surface area contributed by atoms with Gasteiger partial charge in [-0.2, -0.15) is 0 Å². The molecule has 0 spiro atoms. The molecule has 1 aromatic carbocycles. The van der Waals surface area contributed by atoms with Crippen molar-refractivity contribution in [1.82, 2.24) is 14.3 Å². The lowest BCUT2D eigenvalue weighted by Gasteiger charge is -2.15. The first kappa shape index (κ1) is 24.0. The summed E-state index contributed by atoms with van der Waals surface area (Å²) in [7, 11) is 0. The van der Waals surface area contributed by atoms with E-state index in [0.29, 0.717) is 44.3 Å². The van der Waals surface area contributed by atoms with Crippen LogP contribution in [0.25, 0.3) is 11.7 Å². The number of hydrogen-bond donors (Lipinski definition) is 1. The van der Waals surface area contributed by atoms with Crippen molar-refractivity contribution in [1.29, 1.82) is 0 Å². The summed E-state index contributed by atoms with van der Waals surface area (Å²) in [5.74, 6) is 1.49. The fourth-order valence-electron chi connectivity index (χ4n) is 4.53. The third-order valence-corrected chi connectivity index (χ3v) is 7.83. The number of rotatable bonds is 6.